The lowest BCUT2D eigenvalue weighted by atomic mass is 10.1. The van der Waals surface area contributed by atoms with Crippen LogP contribution in [0.4, 0.5) is 0 Å². The lowest BCUT2D eigenvalue weighted by molar-refractivity contribution is -0.134. The van der Waals surface area contributed by atoms with Crippen LogP contribution in [0.2, 0.25) is 0 Å². The van der Waals surface area contributed by atoms with Crippen molar-refractivity contribution in [3.63, 3.8) is 0 Å². The summed E-state index contributed by atoms with van der Waals surface area (Å²) in [5.74, 6) is -0.0189. The lowest BCUT2D eigenvalue weighted by Crippen LogP contribution is -2.49. The first-order valence-corrected chi connectivity index (χ1v) is 8.56. The van der Waals surface area contributed by atoms with E-state index in [4.69, 9.17) is 4.74 Å². The SMILES string of the molecule is CCN(CC)C(CNC(=O)C1CNCCO1)c1ccsc1. The summed E-state index contributed by atoms with van der Waals surface area (Å²) in [6.07, 6.45) is -0.362. The standard InChI is InChI=1S/C15H25N3O2S/c1-3-18(4-2)13(12-5-8-21-11-12)9-17-15(19)14-10-16-6-7-20-14/h5,8,11,13-14,16H,3-4,6-7,9-10H2,1-2H3,(H,17,19). The van der Waals surface area contributed by atoms with Crippen LogP contribution in [-0.2, 0) is 9.53 Å². The topological polar surface area (TPSA) is 53.6 Å². The van der Waals surface area contributed by atoms with E-state index in [1.807, 2.05) is 0 Å². The number of nitrogens with zero attached hydrogens (tertiary/aromatic N) is 1. The number of thiophene rings is 1. The highest BCUT2D eigenvalue weighted by atomic mass is 32.1. The van der Waals surface area contributed by atoms with Crippen molar-refractivity contribution >= 4 is 17.2 Å². The first-order chi connectivity index (χ1) is 10.3. The van der Waals surface area contributed by atoms with Crippen LogP contribution in [0.25, 0.3) is 0 Å². The molecular formula is C15H25N3O2S. The van der Waals surface area contributed by atoms with Gasteiger partial charge in [0.15, 0.2) is 0 Å². The maximum absolute atomic E-state index is 12.2. The molecule has 2 atom stereocenters. The molecule has 1 aromatic rings. The third kappa shape index (κ3) is 4.51. The second-order valence-electron chi connectivity index (χ2n) is 5.10. The van der Waals surface area contributed by atoms with E-state index < -0.39 is 0 Å². The van der Waals surface area contributed by atoms with E-state index in [1.54, 1.807) is 11.3 Å². The first kappa shape index (κ1) is 16.4. The number of hydrogen-bond acceptors (Lipinski definition) is 5. The highest BCUT2D eigenvalue weighted by Gasteiger charge is 2.24. The Morgan fingerprint density at radius 1 is 1.57 bits per heavy atom. The van der Waals surface area contributed by atoms with Gasteiger partial charge in [-0.05, 0) is 35.5 Å². The van der Waals surface area contributed by atoms with E-state index in [2.05, 4.69) is 46.2 Å². The second-order valence-corrected chi connectivity index (χ2v) is 5.88. The fraction of sp³-hybridized carbons (Fsp3) is 0.667. The Bertz CT molecular complexity index is 415. The minimum absolute atomic E-state index is 0.0189. The molecule has 0 saturated carbocycles. The van der Waals surface area contributed by atoms with Crippen molar-refractivity contribution in [3.05, 3.63) is 22.4 Å². The zero-order valence-electron chi connectivity index (χ0n) is 12.8. The third-order valence-electron chi connectivity index (χ3n) is 3.87. The molecule has 21 heavy (non-hydrogen) atoms. The van der Waals surface area contributed by atoms with E-state index in [1.165, 1.54) is 5.56 Å². The molecule has 1 aliphatic heterocycles. The van der Waals surface area contributed by atoms with E-state index in [9.17, 15) is 4.79 Å². The van der Waals surface area contributed by atoms with Gasteiger partial charge in [-0.25, -0.2) is 0 Å². The van der Waals surface area contributed by atoms with Crippen LogP contribution in [0, 0.1) is 0 Å². The highest BCUT2D eigenvalue weighted by Crippen LogP contribution is 2.22. The second kappa shape index (κ2) is 8.48. The van der Waals surface area contributed by atoms with Crippen LogP contribution in [0.5, 0.6) is 0 Å². The minimum Gasteiger partial charge on any atom is -0.366 e. The molecule has 2 heterocycles. The first-order valence-electron chi connectivity index (χ1n) is 7.62. The van der Waals surface area contributed by atoms with Gasteiger partial charge in [0.2, 0.25) is 0 Å². The van der Waals surface area contributed by atoms with Crippen LogP contribution in [0.15, 0.2) is 16.8 Å². The Labute approximate surface area is 130 Å². The number of morpholine rings is 1. The third-order valence-corrected chi connectivity index (χ3v) is 4.57. The van der Waals surface area contributed by atoms with Crippen LogP contribution >= 0.6 is 11.3 Å². The van der Waals surface area contributed by atoms with E-state index in [0.717, 1.165) is 19.6 Å². The minimum atomic E-state index is -0.362. The van der Waals surface area contributed by atoms with Crippen molar-refractivity contribution in [2.75, 3.05) is 39.3 Å². The lowest BCUT2D eigenvalue weighted by Gasteiger charge is -2.30. The predicted molar refractivity (Wildman–Crippen MR) is 85.6 cm³/mol. The molecule has 2 N–H and O–H groups in total. The summed E-state index contributed by atoms with van der Waals surface area (Å²) in [6.45, 7) is 8.88. The van der Waals surface area contributed by atoms with Crippen molar-refractivity contribution in [2.24, 2.45) is 0 Å². The fourth-order valence-electron chi connectivity index (χ4n) is 2.63. The van der Waals surface area contributed by atoms with Crippen molar-refractivity contribution in [1.29, 1.82) is 0 Å². The average molecular weight is 311 g/mol. The van der Waals surface area contributed by atoms with Gasteiger partial charge in [-0.15, -0.1) is 0 Å². The van der Waals surface area contributed by atoms with Gasteiger partial charge in [0.1, 0.15) is 6.10 Å². The number of carbonyl (C=O) groups excluding carboxylic acids is 1. The van der Waals surface area contributed by atoms with Crippen molar-refractivity contribution in [3.8, 4) is 0 Å². The number of carbonyl (C=O) groups is 1. The van der Waals surface area contributed by atoms with E-state index in [0.29, 0.717) is 19.7 Å². The van der Waals surface area contributed by atoms with E-state index in [-0.39, 0.29) is 18.1 Å². The molecule has 0 spiro atoms. The van der Waals surface area contributed by atoms with Gasteiger partial charge in [0.05, 0.1) is 12.6 Å². The summed E-state index contributed by atoms with van der Waals surface area (Å²) >= 11 is 1.69. The summed E-state index contributed by atoms with van der Waals surface area (Å²) in [5.41, 5.74) is 1.27. The summed E-state index contributed by atoms with van der Waals surface area (Å²) in [5, 5.41) is 10.5. The van der Waals surface area contributed by atoms with Gasteiger partial charge < -0.3 is 15.4 Å². The van der Waals surface area contributed by atoms with Crippen molar-refractivity contribution in [2.45, 2.75) is 26.0 Å². The van der Waals surface area contributed by atoms with Gasteiger partial charge in [-0.1, -0.05) is 13.8 Å². The number of rotatable bonds is 7. The monoisotopic (exact) mass is 311 g/mol. The Morgan fingerprint density at radius 2 is 2.38 bits per heavy atom. The molecule has 0 aliphatic carbocycles. The van der Waals surface area contributed by atoms with Gasteiger partial charge in [0.25, 0.3) is 5.91 Å². The van der Waals surface area contributed by atoms with Crippen molar-refractivity contribution < 1.29 is 9.53 Å². The Kier molecular flexibility index (Phi) is 6.63. The number of likely N-dealkylation sites (N-methyl/N-ethyl adjacent to an activating group) is 1. The molecule has 0 bridgehead atoms. The average Bonchev–Trinajstić information content (AvgIpc) is 3.06. The number of hydrogen-bond donors (Lipinski definition) is 2. The summed E-state index contributed by atoms with van der Waals surface area (Å²) in [7, 11) is 0. The molecule has 1 amide bonds. The number of ether oxygens (including phenoxy) is 1. The Morgan fingerprint density at radius 3 is 2.95 bits per heavy atom. The maximum Gasteiger partial charge on any atom is 0.250 e. The molecule has 1 aromatic heterocycles. The number of amides is 1. The molecule has 2 unspecified atom stereocenters. The quantitative estimate of drug-likeness (QED) is 0.795. The molecule has 1 aliphatic rings. The molecule has 6 heteroatoms. The molecule has 2 rings (SSSR count). The normalized spacial score (nSPS) is 20.4. The fourth-order valence-corrected chi connectivity index (χ4v) is 3.34. The zero-order valence-corrected chi connectivity index (χ0v) is 13.6. The molecule has 0 radical (unpaired) electrons. The largest absolute Gasteiger partial charge is 0.366 e. The molecule has 5 nitrogen and oxygen atoms in total. The molecule has 1 saturated heterocycles. The van der Waals surface area contributed by atoms with Crippen LogP contribution in [0.1, 0.15) is 25.5 Å². The maximum atomic E-state index is 12.2. The Hall–Kier alpha value is -0.950. The van der Waals surface area contributed by atoms with Gasteiger partial charge in [0, 0.05) is 19.6 Å². The Balaban J connectivity index is 1.93. The molecule has 0 aromatic carbocycles. The summed E-state index contributed by atoms with van der Waals surface area (Å²) < 4.78 is 5.49. The van der Waals surface area contributed by atoms with Gasteiger partial charge in [-0.3, -0.25) is 9.69 Å². The van der Waals surface area contributed by atoms with Gasteiger partial charge in [-0.2, -0.15) is 11.3 Å². The molecule has 1 fully saturated rings. The molecular weight excluding hydrogens is 286 g/mol. The van der Waals surface area contributed by atoms with Crippen LogP contribution < -0.4 is 10.6 Å². The smallest absolute Gasteiger partial charge is 0.250 e. The predicted octanol–water partition coefficient (Wildman–Crippen LogP) is 1.24. The number of nitrogens with one attached hydrogen (secondary N) is 2. The zero-order chi connectivity index (χ0) is 15.1. The highest BCUT2D eigenvalue weighted by molar-refractivity contribution is 7.07. The van der Waals surface area contributed by atoms with E-state index >= 15 is 0 Å². The summed E-state index contributed by atoms with van der Waals surface area (Å²) in [4.78, 5) is 14.5. The van der Waals surface area contributed by atoms with Crippen LogP contribution in [0.3, 0.4) is 0 Å². The summed E-state index contributed by atoms with van der Waals surface area (Å²) in [6, 6.07) is 2.37. The van der Waals surface area contributed by atoms with Crippen molar-refractivity contribution in [1.82, 2.24) is 15.5 Å². The van der Waals surface area contributed by atoms with Gasteiger partial charge >= 0.3 is 0 Å². The molecule has 118 valence electrons. The van der Waals surface area contributed by atoms with Crippen LogP contribution in [-0.4, -0.2) is 56.2 Å².